The molecule has 3 aliphatic heterocycles. The molecule has 0 aromatic carbocycles. The van der Waals surface area contributed by atoms with Gasteiger partial charge in [-0.2, -0.15) is 11.3 Å². The van der Waals surface area contributed by atoms with Crippen molar-refractivity contribution >= 4 is 17.3 Å². The first-order valence-electron chi connectivity index (χ1n) is 8.24. The van der Waals surface area contributed by atoms with Gasteiger partial charge in [0.25, 0.3) is 0 Å². The van der Waals surface area contributed by atoms with Gasteiger partial charge in [-0.15, -0.1) is 0 Å². The molecule has 1 atom stereocenters. The highest BCUT2D eigenvalue weighted by atomic mass is 32.1. The molecular weight excluding hydrogens is 282 g/mol. The quantitative estimate of drug-likeness (QED) is 0.803. The molecule has 3 nitrogen and oxygen atoms in total. The molecule has 2 bridgehead atoms. The van der Waals surface area contributed by atoms with E-state index < -0.39 is 0 Å². The summed E-state index contributed by atoms with van der Waals surface area (Å²) in [6, 6.07) is 2.12. The van der Waals surface area contributed by atoms with E-state index in [0.29, 0.717) is 5.92 Å². The minimum absolute atomic E-state index is 0.0529. The predicted molar refractivity (Wildman–Crippen MR) is 83.5 cm³/mol. The molecule has 4 fully saturated rings. The normalized spacial score (nSPS) is 34.0. The Hall–Kier alpha value is -0.870. The molecule has 1 aliphatic carbocycles. The molecule has 0 radical (unpaired) electrons. The van der Waals surface area contributed by atoms with Gasteiger partial charge < -0.3 is 4.74 Å². The number of carbonyl (C=O) groups excluding carboxylic acids is 1. The molecular formula is C17H23NO2S. The van der Waals surface area contributed by atoms with Gasteiger partial charge in [0.2, 0.25) is 0 Å². The molecule has 4 heteroatoms. The molecule has 3 saturated heterocycles. The van der Waals surface area contributed by atoms with Crippen molar-refractivity contribution in [3.05, 3.63) is 22.4 Å². The van der Waals surface area contributed by atoms with Crippen molar-refractivity contribution in [2.45, 2.75) is 50.0 Å². The molecule has 5 rings (SSSR count). The fraction of sp³-hybridized carbons (Fsp3) is 0.706. The lowest BCUT2D eigenvalue weighted by Gasteiger charge is -2.44. The zero-order valence-electron chi connectivity index (χ0n) is 12.4. The van der Waals surface area contributed by atoms with Crippen molar-refractivity contribution < 1.29 is 9.53 Å². The molecule has 0 amide bonds. The van der Waals surface area contributed by atoms with Crippen LogP contribution in [-0.2, 0) is 14.9 Å². The molecule has 4 aliphatic rings. The molecule has 0 spiro atoms. The number of fused-ring (bicyclic) bond motifs is 3. The largest absolute Gasteiger partial charge is 0.460 e. The summed E-state index contributed by atoms with van der Waals surface area (Å²) in [6.07, 6.45) is 6.74. The number of esters is 1. The minimum atomic E-state index is -0.341. The summed E-state index contributed by atoms with van der Waals surface area (Å²) in [6.45, 7) is 3.33. The van der Waals surface area contributed by atoms with Gasteiger partial charge in [-0.3, -0.25) is 9.69 Å². The van der Waals surface area contributed by atoms with E-state index in [-0.39, 0.29) is 17.5 Å². The van der Waals surface area contributed by atoms with Crippen LogP contribution < -0.4 is 0 Å². The lowest BCUT2D eigenvalue weighted by molar-refractivity contribution is -0.165. The lowest BCUT2D eigenvalue weighted by atomic mass is 9.80. The number of rotatable bonds is 3. The number of hydrogen-bond acceptors (Lipinski definition) is 4. The van der Waals surface area contributed by atoms with Gasteiger partial charge in [-0.1, -0.05) is 12.8 Å². The van der Waals surface area contributed by atoms with Gasteiger partial charge >= 0.3 is 5.97 Å². The second kappa shape index (κ2) is 5.40. The molecule has 1 aromatic heterocycles. The average molecular weight is 305 g/mol. The standard InChI is InChI=1S/C17H23NO2S/c19-16(20-15-11-18-8-3-13(15)4-9-18)17(6-1-2-7-17)14-5-10-21-12-14/h5,10,12-13,15H,1-4,6-9,11H2. The molecule has 1 aromatic rings. The highest BCUT2D eigenvalue weighted by molar-refractivity contribution is 7.08. The van der Waals surface area contributed by atoms with Crippen LogP contribution in [0.5, 0.6) is 0 Å². The maximum Gasteiger partial charge on any atom is 0.316 e. The Morgan fingerprint density at radius 1 is 1.29 bits per heavy atom. The first-order valence-corrected chi connectivity index (χ1v) is 9.18. The van der Waals surface area contributed by atoms with Crippen LogP contribution in [0.3, 0.4) is 0 Å². The zero-order valence-corrected chi connectivity index (χ0v) is 13.2. The van der Waals surface area contributed by atoms with E-state index in [1.54, 1.807) is 11.3 Å². The number of hydrogen-bond donors (Lipinski definition) is 0. The van der Waals surface area contributed by atoms with E-state index in [1.165, 1.54) is 31.5 Å². The summed E-state index contributed by atoms with van der Waals surface area (Å²) in [5.41, 5.74) is 0.850. The van der Waals surface area contributed by atoms with Gasteiger partial charge in [0, 0.05) is 6.54 Å². The fourth-order valence-electron chi connectivity index (χ4n) is 4.42. The van der Waals surface area contributed by atoms with Crippen LogP contribution in [-0.4, -0.2) is 36.6 Å². The molecule has 1 unspecified atom stereocenters. The van der Waals surface area contributed by atoms with E-state index in [4.69, 9.17) is 4.74 Å². The van der Waals surface area contributed by atoms with Gasteiger partial charge in [0.15, 0.2) is 0 Å². The van der Waals surface area contributed by atoms with Crippen molar-refractivity contribution in [3.63, 3.8) is 0 Å². The highest BCUT2D eigenvalue weighted by Crippen LogP contribution is 2.44. The van der Waals surface area contributed by atoms with Crippen molar-refractivity contribution in [1.29, 1.82) is 0 Å². The molecule has 4 heterocycles. The van der Waals surface area contributed by atoms with Crippen molar-refractivity contribution in [1.82, 2.24) is 4.90 Å². The van der Waals surface area contributed by atoms with Gasteiger partial charge in [-0.25, -0.2) is 0 Å². The van der Waals surface area contributed by atoms with Crippen LogP contribution in [0.2, 0.25) is 0 Å². The van der Waals surface area contributed by atoms with Crippen LogP contribution in [0.15, 0.2) is 16.8 Å². The Morgan fingerprint density at radius 3 is 2.62 bits per heavy atom. The van der Waals surface area contributed by atoms with Crippen molar-refractivity contribution in [3.8, 4) is 0 Å². The summed E-state index contributed by atoms with van der Waals surface area (Å²) in [4.78, 5) is 15.4. The number of nitrogens with zero attached hydrogens (tertiary/aromatic N) is 1. The second-order valence-electron chi connectivity index (χ2n) is 6.88. The summed E-state index contributed by atoms with van der Waals surface area (Å²) in [5.74, 6) is 0.650. The molecule has 21 heavy (non-hydrogen) atoms. The summed E-state index contributed by atoms with van der Waals surface area (Å²) in [5, 5.41) is 4.22. The SMILES string of the molecule is O=C(OC1CN2CCC1CC2)C1(c2ccsc2)CCCC1. The number of thiophene rings is 1. The topological polar surface area (TPSA) is 29.5 Å². The third kappa shape index (κ3) is 2.33. The van der Waals surface area contributed by atoms with E-state index in [1.807, 2.05) is 0 Å². The van der Waals surface area contributed by atoms with Crippen LogP contribution in [0.1, 0.15) is 44.1 Å². The Bertz CT molecular complexity index is 499. The average Bonchev–Trinajstić information content (AvgIpc) is 3.20. The first-order chi connectivity index (χ1) is 10.3. The van der Waals surface area contributed by atoms with Crippen LogP contribution in [0.4, 0.5) is 0 Å². The number of ether oxygens (including phenoxy) is 1. The van der Waals surface area contributed by atoms with Crippen molar-refractivity contribution in [2.75, 3.05) is 19.6 Å². The van der Waals surface area contributed by atoms with Gasteiger partial charge in [0.05, 0.1) is 5.41 Å². The summed E-state index contributed by atoms with van der Waals surface area (Å²) in [7, 11) is 0. The number of carbonyl (C=O) groups is 1. The Labute approximate surface area is 130 Å². The zero-order chi connectivity index (χ0) is 14.3. The smallest absolute Gasteiger partial charge is 0.316 e. The Kier molecular flexibility index (Phi) is 3.54. The highest BCUT2D eigenvalue weighted by Gasteiger charge is 2.47. The molecule has 1 saturated carbocycles. The minimum Gasteiger partial charge on any atom is -0.460 e. The lowest BCUT2D eigenvalue weighted by Crippen LogP contribution is -2.53. The maximum atomic E-state index is 13.0. The Morgan fingerprint density at radius 2 is 2.05 bits per heavy atom. The third-order valence-electron chi connectivity index (χ3n) is 5.78. The second-order valence-corrected chi connectivity index (χ2v) is 7.66. The van der Waals surface area contributed by atoms with Crippen molar-refractivity contribution in [2.24, 2.45) is 5.92 Å². The number of piperidine rings is 3. The van der Waals surface area contributed by atoms with E-state index in [2.05, 4.69) is 21.7 Å². The van der Waals surface area contributed by atoms with Gasteiger partial charge in [0.1, 0.15) is 6.10 Å². The predicted octanol–water partition coefficient (Wildman–Crippen LogP) is 3.20. The van der Waals surface area contributed by atoms with E-state index in [0.717, 1.165) is 32.2 Å². The summed E-state index contributed by atoms with van der Waals surface area (Å²) < 4.78 is 6.06. The Balaban J connectivity index is 1.53. The fourth-order valence-corrected chi connectivity index (χ4v) is 5.18. The van der Waals surface area contributed by atoms with Gasteiger partial charge in [-0.05, 0) is 67.1 Å². The first kappa shape index (κ1) is 13.8. The third-order valence-corrected chi connectivity index (χ3v) is 6.46. The maximum absolute atomic E-state index is 13.0. The summed E-state index contributed by atoms with van der Waals surface area (Å²) >= 11 is 1.68. The van der Waals surface area contributed by atoms with Crippen LogP contribution in [0, 0.1) is 5.92 Å². The van der Waals surface area contributed by atoms with E-state index >= 15 is 0 Å². The molecule has 0 N–H and O–H groups in total. The van der Waals surface area contributed by atoms with Crippen LogP contribution >= 0.6 is 11.3 Å². The molecule has 114 valence electrons. The van der Waals surface area contributed by atoms with E-state index in [9.17, 15) is 4.79 Å². The van der Waals surface area contributed by atoms with Crippen LogP contribution in [0.25, 0.3) is 0 Å². The monoisotopic (exact) mass is 305 g/mol.